The Labute approximate surface area is 138 Å². The minimum Gasteiger partial charge on any atom is -0.350 e. The molecule has 1 atom stereocenters. The second-order valence-electron chi connectivity index (χ2n) is 5.95. The van der Waals surface area contributed by atoms with E-state index >= 15 is 0 Å². The number of aromatic nitrogens is 5. The van der Waals surface area contributed by atoms with E-state index in [9.17, 15) is 0 Å². The highest BCUT2D eigenvalue weighted by Crippen LogP contribution is 2.21. The van der Waals surface area contributed by atoms with Crippen molar-refractivity contribution in [2.45, 2.75) is 26.4 Å². The summed E-state index contributed by atoms with van der Waals surface area (Å²) in [7, 11) is 0. The SMILES string of the molecule is Cc1ncc(CN2CCN(c3ccc4nncn4n3)[C@@H](C)C2)s1. The number of nitrogens with zero attached hydrogens (tertiary/aromatic N) is 7. The van der Waals surface area contributed by atoms with E-state index in [0.29, 0.717) is 6.04 Å². The highest BCUT2D eigenvalue weighted by molar-refractivity contribution is 7.11. The Kier molecular flexibility index (Phi) is 3.70. The molecular formula is C15H19N7S. The van der Waals surface area contributed by atoms with E-state index in [4.69, 9.17) is 0 Å². The summed E-state index contributed by atoms with van der Waals surface area (Å²) < 4.78 is 1.73. The monoisotopic (exact) mass is 329 g/mol. The first-order chi connectivity index (χ1) is 11.2. The summed E-state index contributed by atoms with van der Waals surface area (Å²) in [6.07, 6.45) is 3.64. The van der Waals surface area contributed by atoms with Crippen LogP contribution in [0.2, 0.25) is 0 Å². The van der Waals surface area contributed by atoms with Crippen molar-refractivity contribution in [1.29, 1.82) is 0 Å². The van der Waals surface area contributed by atoms with Crippen LogP contribution in [0.1, 0.15) is 16.8 Å². The molecule has 0 aromatic carbocycles. The fourth-order valence-corrected chi connectivity index (χ4v) is 3.92. The predicted molar refractivity (Wildman–Crippen MR) is 89.7 cm³/mol. The van der Waals surface area contributed by atoms with Gasteiger partial charge in [-0.15, -0.1) is 26.6 Å². The molecule has 4 rings (SSSR count). The van der Waals surface area contributed by atoms with Crippen molar-refractivity contribution in [3.05, 3.63) is 34.5 Å². The van der Waals surface area contributed by atoms with E-state index in [2.05, 4.69) is 43.9 Å². The van der Waals surface area contributed by atoms with Gasteiger partial charge in [-0.1, -0.05) is 0 Å². The van der Waals surface area contributed by atoms with Crippen molar-refractivity contribution >= 4 is 22.8 Å². The Balaban J connectivity index is 1.46. The van der Waals surface area contributed by atoms with Crippen LogP contribution in [-0.2, 0) is 6.54 Å². The second-order valence-corrected chi connectivity index (χ2v) is 7.27. The minimum absolute atomic E-state index is 0.416. The number of fused-ring (bicyclic) bond motifs is 1. The average molecular weight is 329 g/mol. The normalized spacial score (nSPS) is 19.6. The molecule has 8 heteroatoms. The lowest BCUT2D eigenvalue weighted by Crippen LogP contribution is -2.51. The largest absolute Gasteiger partial charge is 0.350 e. The van der Waals surface area contributed by atoms with E-state index in [1.165, 1.54) is 4.88 Å². The number of piperazine rings is 1. The highest BCUT2D eigenvalue weighted by atomic mass is 32.1. The highest BCUT2D eigenvalue weighted by Gasteiger charge is 2.25. The number of thiazole rings is 1. The molecule has 0 radical (unpaired) electrons. The van der Waals surface area contributed by atoms with E-state index in [-0.39, 0.29) is 0 Å². The molecule has 0 saturated carbocycles. The summed E-state index contributed by atoms with van der Waals surface area (Å²) in [5.41, 5.74) is 0.778. The lowest BCUT2D eigenvalue weighted by Gasteiger charge is -2.40. The van der Waals surface area contributed by atoms with Crippen LogP contribution >= 0.6 is 11.3 Å². The second kappa shape index (κ2) is 5.86. The van der Waals surface area contributed by atoms with Gasteiger partial charge >= 0.3 is 0 Å². The van der Waals surface area contributed by atoms with Crippen molar-refractivity contribution in [3.8, 4) is 0 Å². The standard InChI is InChI=1S/C15H19N7S/c1-11-8-20(9-13-7-16-12(2)23-13)5-6-21(11)15-4-3-14-18-17-10-22(14)19-15/h3-4,7,10-11H,5-6,8-9H2,1-2H3/t11-/m0/s1. The third kappa shape index (κ3) is 2.91. The van der Waals surface area contributed by atoms with Crippen LogP contribution in [0.3, 0.4) is 0 Å². The molecule has 0 N–H and O–H groups in total. The van der Waals surface area contributed by atoms with Crippen LogP contribution in [0.4, 0.5) is 5.82 Å². The van der Waals surface area contributed by atoms with Crippen LogP contribution < -0.4 is 4.90 Å². The van der Waals surface area contributed by atoms with Crippen LogP contribution in [-0.4, -0.2) is 55.4 Å². The lowest BCUT2D eigenvalue weighted by atomic mass is 10.2. The quantitative estimate of drug-likeness (QED) is 0.727. The van der Waals surface area contributed by atoms with Crippen LogP contribution in [0.25, 0.3) is 5.65 Å². The van der Waals surface area contributed by atoms with Gasteiger partial charge in [0.05, 0.1) is 5.01 Å². The molecule has 1 aliphatic rings. The van der Waals surface area contributed by atoms with Gasteiger partial charge in [0, 0.05) is 43.3 Å². The molecule has 1 fully saturated rings. The van der Waals surface area contributed by atoms with E-state index < -0.39 is 0 Å². The summed E-state index contributed by atoms with van der Waals surface area (Å²) >= 11 is 1.79. The zero-order chi connectivity index (χ0) is 15.8. The number of aryl methyl sites for hydroxylation is 1. The molecule has 0 spiro atoms. The number of rotatable bonds is 3. The molecule has 3 aromatic heterocycles. The topological polar surface area (TPSA) is 62.5 Å². The molecule has 7 nitrogen and oxygen atoms in total. The molecular weight excluding hydrogens is 310 g/mol. The summed E-state index contributed by atoms with van der Waals surface area (Å²) in [5, 5.41) is 13.6. The van der Waals surface area contributed by atoms with Crippen LogP contribution in [0.5, 0.6) is 0 Å². The minimum atomic E-state index is 0.416. The molecule has 0 aliphatic carbocycles. The van der Waals surface area contributed by atoms with Gasteiger partial charge in [-0.25, -0.2) is 4.98 Å². The van der Waals surface area contributed by atoms with Crippen LogP contribution in [0, 0.1) is 6.92 Å². The fourth-order valence-electron chi connectivity index (χ4n) is 3.09. The molecule has 0 unspecified atom stereocenters. The first kappa shape index (κ1) is 14.5. The summed E-state index contributed by atoms with van der Waals surface area (Å²) in [6, 6.07) is 4.41. The molecule has 4 heterocycles. The summed E-state index contributed by atoms with van der Waals surface area (Å²) in [5.74, 6) is 0.984. The van der Waals surface area contributed by atoms with Gasteiger partial charge in [0.25, 0.3) is 0 Å². The average Bonchev–Trinajstić information content (AvgIpc) is 3.15. The van der Waals surface area contributed by atoms with Gasteiger partial charge in [0.2, 0.25) is 0 Å². The van der Waals surface area contributed by atoms with Gasteiger partial charge in [-0.2, -0.15) is 4.52 Å². The van der Waals surface area contributed by atoms with Crippen molar-refractivity contribution in [1.82, 2.24) is 29.7 Å². The molecule has 0 amide bonds. The third-order valence-electron chi connectivity index (χ3n) is 4.20. The first-order valence-corrected chi connectivity index (χ1v) is 8.58. The third-order valence-corrected chi connectivity index (χ3v) is 5.10. The predicted octanol–water partition coefficient (Wildman–Crippen LogP) is 1.60. The zero-order valence-electron chi connectivity index (χ0n) is 13.3. The Morgan fingerprint density at radius 3 is 3.00 bits per heavy atom. The Hall–Kier alpha value is -2.06. The Morgan fingerprint density at radius 2 is 2.22 bits per heavy atom. The fraction of sp³-hybridized carbons (Fsp3) is 0.467. The summed E-state index contributed by atoms with van der Waals surface area (Å²) in [4.78, 5) is 10.5. The molecule has 0 bridgehead atoms. The molecule has 1 saturated heterocycles. The number of anilines is 1. The zero-order valence-corrected chi connectivity index (χ0v) is 14.1. The van der Waals surface area contributed by atoms with Crippen molar-refractivity contribution < 1.29 is 0 Å². The number of hydrogen-bond donors (Lipinski definition) is 0. The molecule has 3 aromatic rings. The van der Waals surface area contributed by atoms with E-state index in [1.807, 2.05) is 18.3 Å². The van der Waals surface area contributed by atoms with Crippen molar-refractivity contribution in [2.24, 2.45) is 0 Å². The molecule has 23 heavy (non-hydrogen) atoms. The van der Waals surface area contributed by atoms with E-state index in [0.717, 1.165) is 42.7 Å². The smallest absolute Gasteiger partial charge is 0.177 e. The number of hydrogen-bond acceptors (Lipinski definition) is 7. The molecule has 1 aliphatic heterocycles. The lowest BCUT2D eigenvalue weighted by molar-refractivity contribution is 0.221. The van der Waals surface area contributed by atoms with Crippen molar-refractivity contribution in [2.75, 3.05) is 24.5 Å². The summed E-state index contributed by atoms with van der Waals surface area (Å²) in [6.45, 7) is 8.33. The van der Waals surface area contributed by atoms with Gasteiger partial charge in [0.1, 0.15) is 12.1 Å². The maximum atomic E-state index is 4.61. The van der Waals surface area contributed by atoms with Crippen LogP contribution in [0.15, 0.2) is 24.7 Å². The molecule has 120 valence electrons. The van der Waals surface area contributed by atoms with Crippen molar-refractivity contribution in [3.63, 3.8) is 0 Å². The van der Waals surface area contributed by atoms with Gasteiger partial charge < -0.3 is 4.90 Å². The van der Waals surface area contributed by atoms with Gasteiger partial charge in [-0.3, -0.25) is 4.90 Å². The van der Waals surface area contributed by atoms with Gasteiger partial charge in [0.15, 0.2) is 5.65 Å². The van der Waals surface area contributed by atoms with Gasteiger partial charge in [-0.05, 0) is 26.0 Å². The maximum absolute atomic E-state index is 4.61. The Bertz CT molecular complexity index is 811. The Morgan fingerprint density at radius 1 is 1.30 bits per heavy atom. The van der Waals surface area contributed by atoms with E-state index in [1.54, 1.807) is 22.2 Å². The first-order valence-electron chi connectivity index (χ1n) is 7.76. The maximum Gasteiger partial charge on any atom is 0.177 e.